The van der Waals surface area contributed by atoms with E-state index in [0.717, 1.165) is 0 Å². The molecule has 0 saturated carbocycles. The summed E-state index contributed by atoms with van der Waals surface area (Å²) in [5.41, 5.74) is 0.579. The molecule has 1 aliphatic rings. The van der Waals surface area contributed by atoms with E-state index in [1.807, 2.05) is 4.90 Å². The molecule has 1 aromatic heterocycles. The minimum Gasteiger partial charge on any atom is -0.477 e. The molecule has 0 unspecified atom stereocenters. The predicted molar refractivity (Wildman–Crippen MR) is 60.7 cm³/mol. The number of pyridine rings is 1. The quantitative estimate of drug-likeness (QED) is 0.898. The Kier molecular flexibility index (Phi) is 3.56. The van der Waals surface area contributed by atoms with Gasteiger partial charge in [-0.15, -0.1) is 0 Å². The summed E-state index contributed by atoms with van der Waals surface area (Å²) in [5.74, 6) is -3.64. The van der Waals surface area contributed by atoms with Crippen molar-refractivity contribution >= 4 is 5.97 Å². The molecular formula is C12H14F2N2O2. The van der Waals surface area contributed by atoms with Crippen LogP contribution in [0.5, 0.6) is 0 Å². The average molecular weight is 256 g/mol. The molecule has 0 bridgehead atoms. The van der Waals surface area contributed by atoms with Crippen LogP contribution < -0.4 is 0 Å². The maximum Gasteiger partial charge on any atom is 0.354 e. The Bertz CT molecular complexity index is 441. The lowest BCUT2D eigenvalue weighted by Crippen LogP contribution is -2.39. The minimum atomic E-state index is -2.56. The SMILES string of the molecule is O=C(O)c1cccc(CN2CCC(F)(F)CC2)n1. The molecule has 98 valence electrons. The Hall–Kier alpha value is -1.56. The first kappa shape index (κ1) is 12.9. The van der Waals surface area contributed by atoms with E-state index < -0.39 is 11.9 Å². The molecule has 0 aliphatic carbocycles. The molecule has 1 aliphatic heterocycles. The van der Waals surface area contributed by atoms with E-state index in [9.17, 15) is 13.6 Å². The van der Waals surface area contributed by atoms with Gasteiger partial charge in [0.05, 0.1) is 5.69 Å². The third-order valence-electron chi connectivity index (χ3n) is 3.00. The van der Waals surface area contributed by atoms with Gasteiger partial charge in [0.15, 0.2) is 0 Å². The topological polar surface area (TPSA) is 53.4 Å². The molecule has 6 heteroatoms. The van der Waals surface area contributed by atoms with Crippen LogP contribution in [0, 0.1) is 0 Å². The van der Waals surface area contributed by atoms with Crippen LogP contribution in [0.3, 0.4) is 0 Å². The van der Waals surface area contributed by atoms with Crippen LogP contribution in [-0.4, -0.2) is 40.0 Å². The largest absolute Gasteiger partial charge is 0.477 e. The van der Waals surface area contributed by atoms with Crippen molar-refractivity contribution in [3.05, 3.63) is 29.6 Å². The number of alkyl halides is 2. The van der Waals surface area contributed by atoms with Crippen molar-refractivity contribution in [2.75, 3.05) is 13.1 Å². The first-order chi connectivity index (χ1) is 8.46. The van der Waals surface area contributed by atoms with Gasteiger partial charge < -0.3 is 5.11 Å². The van der Waals surface area contributed by atoms with Gasteiger partial charge in [-0.25, -0.2) is 18.6 Å². The van der Waals surface area contributed by atoms with Crippen LogP contribution in [0.25, 0.3) is 0 Å². The zero-order chi connectivity index (χ0) is 13.2. The van der Waals surface area contributed by atoms with Gasteiger partial charge in [-0.1, -0.05) is 6.07 Å². The number of carboxylic acids is 1. The second kappa shape index (κ2) is 4.97. The van der Waals surface area contributed by atoms with E-state index in [1.54, 1.807) is 12.1 Å². The number of piperidine rings is 1. The number of aromatic nitrogens is 1. The molecule has 0 amide bonds. The van der Waals surface area contributed by atoms with Gasteiger partial charge in [-0.05, 0) is 12.1 Å². The van der Waals surface area contributed by atoms with Crippen LogP contribution in [0.1, 0.15) is 29.0 Å². The maximum atomic E-state index is 13.0. The summed E-state index contributed by atoms with van der Waals surface area (Å²) in [6, 6.07) is 4.74. The highest BCUT2D eigenvalue weighted by Crippen LogP contribution is 2.28. The smallest absolute Gasteiger partial charge is 0.354 e. The highest BCUT2D eigenvalue weighted by Gasteiger charge is 2.33. The lowest BCUT2D eigenvalue weighted by atomic mass is 10.1. The monoisotopic (exact) mass is 256 g/mol. The molecule has 1 saturated heterocycles. The fourth-order valence-electron chi connectivity index (χ4n) is 1.95. The van der Waals surface area contributed by atoms with Crippen LogP contribution in [0.4, 0.5) is 8.78 Å². The Morgan fingerprint density at radius 1 is 1.39 bits per heavy atom. The number of aromatic carboxylic acids is 1. The molecular weight excluding hydrogens is 242 g/mol. The highest BCUT2D eigenvalue weighted by atomic mass is 19.3. The van der Waals surface area contributed by atoms with E-state index >= 15 is 0 Å². The van der Waals surface area contributed by atoms with Crippen molar-refractivity contribution in [1.29, 1.82) is 0 Å². The van der Waals surface area contributed by atoms with Crippen LogP contribution in [0.15, 0.2) is 18.2 Å². The summed E-state index contributed by atoms with van der Waals surface area (Å²) in [5, 5.41) is 8.81. The molecule has 1 aromatic rings. The molecule has 18 heavy (non-hydrogen) atoms. The first-order valence-corrected chi connectivity index (χ1v) is 5.76. The minimum absolute atomic E-state index is 0.0187. The Balaban J connectivity index is 1.98. The molecule has 2 heterocycles. The summed E-state index contributed by atoms with van der Waals surface area (Å²) in [6.07, 6.45) is -0.294. The van der Waals surface area contributed by atoms with Crippen LogP contribution in [-0.2, 0) is 6.54 Å². The van der Waals surface area contributed by atoms with Crippen molar-refractivity contribution in [3.8, 4) is 0 Å². The van der Waals surface area contributed by atoms with Gasteiger partial charge in [-0.3, -0.25) is 4.90 Å². The number of halogens is 2. The Morgan fingerprint density at radius 2 is 2.06 bits per heavy atom. The van der Waals surface area contributed by atoms with Crippen molar-refractivity contribution in [3.63, 3.8) is 0 Å². The van der Waals surface area contributed by atoms with E-state index in [-0.39, 0.29) is 18.5 Å². The zero-order valence-corrected chi connectivity index (χ0v) is 9.77. The maximum absolute atomic E-state index is 13.0. The summed E-state index contributed by atoms with van der Waals surface area (Å²) in [7, 11) is 0. The average Bonchev–Trinajstić information content (AvgIpc) is 2.32. The third-order valence-corrected chi connectivity index (χ3v) is 3.00. The fourth-order valence-corrected chi connectivity index (χ4v) is 1.95. The van der Waals surface area contributed by atoms with Crippen molar-refractivity contribution in [2.45, 2.75) is 25.3 Å². The summed E-state index contributed by atoms with van der Waals surface area (Å²) in [6.45, 7) is 1.04. The van der Waals surface area contributed by atoms with Gasteiger partial charge in [0.25, 0.3) is 5.92 Å². The normalized spacial score (nSPS) is 19.7. The molecule has 1 N–H and O–H groups in total. The number of likely N-dealkylation sites (tertiary alicyclic amines) is 1. The predicted octanol–water partition coefficient (Wildman–Crippen LogP) is 2.01. The summed E-state index contributed by atoms with van der Waals surface area (Å²) < 4.78 is 25.9. The Morgan fingerprint density at radius 3 is 2.67 bits per heavy atom. The standard InChI is InChI=1S/C12H14F2N2O2/c13-12(14)4-6-16(7-5-12)8-9-2-1-3-10(15-9)11(17)18/h1-3H,4-8H2,(H,17,18). The van der Waals surface area contributed by atoms with Gasteiger partial charge in [0.2, 0.25) is 0 Å². The third kappa shape index (κ3) is 3.22. The lowest BCUT2D eigenvalue weighted by Gasteiger charge is -2.31. The van der Waals surface area contributed by atoms with Gasteiger partial charge in [0, 0.05) is 32.5 Å². The van der Waals surface area contributed by atoms with Gasteiger partial charge in [-0.2, -0.15) is 0 Å². The van der Waals surface area contributed by atoms with Crippen molar-refractivity contribution in [1.82, 2.24) is 9.88 Å². The van der Waals surface area contributed by atoms with Crippen LogP contribution >= 0.6 is 0 Å². The van der Waals surface area contributed by atoms with Crippen molar-refractivity contribution < 1.29 is 18.7 Å². The number of nitrogens with zero attached hydrogens (tertiary/aromatic N) is 2. The number of carboxylic acid groups (broad SMARTS) is 1. The number of carbonyl (C=O) groups is 1. The zero-order valence-electron chi connectivity index (χ0n) is 9.77. The van der Waals surface area contributed by atoms with Gasteiger partial charge in [0.1, 0.15) is 5.69 Å². The molecule has 0 spiro atoms. The fraction of sp³-hybridized carbons (Fsp3) is 0.500. The summed E-state index contributed by atoms with van der Waals surface area (Å²) in [4.78, 5) is 16.6. The van der Waals surface area contributed by atoms with E-state index in [1.165, 1.54) is 6.07 Å². The lowest BCUT2D eigenvalue weighted by molar-refractivity contribution is -0.0568. The molecule has 0 radical (unpaired) electrons. The molecule has 2 rings (SSSR count). The first-order valence-electron chi connectivity index (χ1n) is 5.76. The van der Waals surface area contributed by atoms with E-state index in [2.05, 4.69) is 4.98 Å². The highest BCUT2D eigenvalue weighted by molar-refractivity contribution is 5.85. The molecule has 0 atom stereocenters. The van der Waals surface area contributed by atoms with E-state index in [4.69, 9.17) is 5.11 Å². The molecule has 4 nitrogen and oxygen atoms in total. The van der Waals surface area contributed by atoms with Crippen molar-refractivity contribution in [2.24, 2.45) is 0 Å². The molecule has 0 aromatic carbocycles. The van der Waals surface area contributed by atoms with Crippen LogP contribution in [0.2, 0.25) is 0 Å². The number of hydrogen-bond donors (Lipinski definition) is 1. The van der Waals surface area contributed by atoms with Gasteiger partial charge >= 0.3 is 5.97 Å². The number of hydrogen-bond acceptors (Lipinski definition) is 3. The summed E-state index contributed by atoms with van der Waals surface area (Å²) >= 11 is 0. The second-order valence-electron chi connectivity index (χ2n) is 4.45. The number of rotatable bonds is 3. The second-order valence-corrected chi connectivity index (χ2v) is 4.45. The molecule has 1 fully saturated rings. The Labute approximate surface area is 103 Å². The van der Waals surface area contributed by atoms with E-state index in [0.29, 0.717) is 25.3 Å².